The van der Waals surface area contributed by atoms with E-state index < -0.39 is 42.7 Å². The Balaban J connectivity index is 2.48. The van der Waals surface area contributed by atoms with Crippen LogP contribution in [0.3, 0.4) is 0 Å². The number of aliphatic carboxylic acids is 1. The summed E-state index contributed by atoms with van der Waals surface area (Å²) in [5.41, 5.74) is 0. The monoisotopic (exact) mass is 228 g/mol. The second-order valence-corrected chi connectivity index (χ2v) is 3.59. The number of carbonyl (C=O) groups is 4. The maximum Gasteiger partial charge on any atom is 0.322 e. The molecule has 16 heavy (non-hydrogen) atoms. The van der Waals surface area contributed by atoms with Gasteiger partial charge in [0, 0.05) is 12.3 Å². The molecule has 0 spiro atoms. The van der Waals surface area contributed by atoms with Crippen molar-refractivity contribution in [2.75, 3.05) is 13.1 Å². The molecule has 0 bridgehead atoms. The van der Waals surface area contributed by atoms with E-state index in [-0.39, 0.29) is 6.42 Å². The molecule has 7 heteroatoms. The number of carboxylic acid groups (broad SMARTS) is 1. The number of hydrogen-bond donors (Lipinski definition) is 2. The molecule has 1 heterocycles. The highest BCUT2D eigenvalue weighted by molar-refractivity contribution is 6.05. The number of nitrogens with zero attached hydrogens (tertiary/aromatic N) is 1. The van der Waals surface area contributed by atoms with Crippen molar-refractivity contribution in [2.45, 2.75) is 13.3 Å². The van der Waals surface area contributed by atoms with E-state index in [0.29, 0.717) is 0 Å². The van der Waals surface area contributed by atoms with Crippen molar-refractivity contribution in [3.05, 3.63) is 0 Å². The van der Waals surface area contributed by atoms with Crippen LogP contribution in [0.15, 0.2) is 0 Å². The number of carbonyl (C=O) groups excluding carboxylic acids is 3. The fraction of sp³-hybridized carbons (Fsp3) is 0.556. The minimum Gasteiger partial charge on any atom is -0.480 e. The normalized spacial score (nSPS) is 20.1. The number of carboxylic acids is 1. The maximum atomic E-state index is 11.4. The molecule has 88 valence electrons. The van der Waals surface area contributed by atoms with Gasteiger partial charge in [0.15, 0.2) is 0 Å². The molecule has 0 saturated carbocycles. The Morgan fingerprint density at radius 3 is 2.56 bits per heavy atom. The van der Waals surface area contributed by atoms with E-state index in [0.717, 1.165) is 4.90 Å². The lowest BCUT2D eigenvalue weighted by Crippen LogP contribution is -2.41. The van der Waals surface area contributed by atoms with Gasteiger partial charge >= 0.3 is 5.97 Å². The van der Waals surface area contributed by atoms with E-state index in [1.54, 1.807) is 6.92 Å². The van der Waals surface area contributed by atoms with Crippen molar-refractivity contribution < 1.29 is 24.3 Å². The van der Waals surface area contributed by atoms with Crippen molar-refractivity contribution in [1.82, 2.24) is 10.2 Å². The predicted octanol–water partition coefficient (Wildman–Crippen LogP) is -1.42. The Bertz CT molecular complexity index is 352. The van der Waals surface area contributed by atoms with Gasteiger partial charge in [-0.05, 0) is 0 Å². The highest BCUT2D eigenvalue weighted by atomic mass is 16.4. The lowest BCUT2D eigenvalue weighted by Gasteiger charge is -2.13. The quantitative estimate of drug-likeness (QED) is 0.575. The zero-order valence-corrected chi connectivity index (χ0v) is 8.73. The molecule has 0 radical (unpaired) electrons. The van der Waals surface area contributed by atoms with Crippen molar-refractivity contribution in [3.8, 4) is 0 Å². The second kappa shape index (κ2) is 4.73. The second-order valence-electron chi connectivity index (χ2n) is 3.59. The number of amides is 3. The fourth-order valence-electron chi connectivity index (χ4n) is 1.39. The summed E-state index contributed by atoms with van der Waals surface area (Å²) in [6.45, 7) is 0.676. The molecule has 1 saturated heterocycles. The lowest BCUT2D eigenvalue weighted by molar-refractivity contribution is -0.143. The summed E-state index contributed by atoms with van der Waals surface area (Å²) in [5, 5.41) is 10.4. The first-order chi connectivity index (χ1) is 7.41. The minimum atomic E-state index is -1.18. The van der Waals surface area contributed by atoms with Crippen LogP contribution in [-0.4, -0.2) is 46.8 Å². The molecule has 1 aliphatic heterocycles. The standard InChI is InChI=1S/C9H12N2O5/c1-5-2-7(13)11(9(5)16)4-6(12)10-3-8(14)15/h5H,2-4H2,1H3,(H,10,12)(H,14,15). The van der Waals surface area contributed by atoms with Gasteiger partial charge in [-0.2, -0.15) is 0 Å². The topological polar surface area (TPSA) is 104 Å². The molecule has 3 amide bonds. The van der Waals surface area contributed by atoms with Crippen LogP contribution in [0.5, 0.6) is 0 Å². The van der Waals surface area contributed by atoms with Gasteiger partial charge in [0.2, 0.25) is 17.7 Å². The third-order valence-electron chi connectivity index (χ3n) is 2.21. The smallest absolute Gasteiger partial charge is 0.322 e. The summed E-state index contributed by atoms with van der Waals surface area (Å²) in [4.78, 5) is 44.9. The molecule has 0 aromatic carbocycles. The van der Waals surface area contributed by atoms with Gasteiger partial charge in [-0.15, -0.1) is 0 Å². The third-order valence-corrected chi connectivity index (χ3v) is 2.21. The van der Waals surface area contributed by atoms with Crippen LogP contribution in [0.1, 0.15) is 13.3 Å². The summed E-state index contributed by atoms with van der Waals surface area (Å²) in [6, 6.07) is 0. The molecule has 1 rings (SSSR count). The van der Waals surface area contributed by atoms with E-state index in [2.05, 4.69) is 5.32 Å². The molecular weight excluding hydrogens is 216 g/mol. The third kappa shape index (κ3) is 2.78. The summed E-state index contributed by atoms with van der Waals surface area (Å²) >= 11 is 0. The maximum absolute atomic E-state index is 11.4. The van der Waals surface area contributed by atoms with Gasteiger partial charge in [0.25, 0.3) is 0 Å². The summed E-state index contributed by atoms with van der Waals surface area (Å²) < 4.78 is 0. The van der Waals surface area contributed by atoms with E-state index >= 15 is 0 Å². The van der Waals surface area contributed by atoms with Crippen LogP contribution in [0, 0.1) is 5.92 Å². The first-order valence-corrected chi connectivity index (χ1v) is 4.74. The van der Waals surface area contributed by atoms with Crippen LogP contribution < -0.4 is 5.32 Å². The summed E-state index contributed by atoms with van der Waals surface area (Å²) in [5.74, 6) is -3.03. The Hall–Kier alpha value is -1.92. The molecule has 7 nitrogen and oxygen atoms in total. The van der Waals surface area contributed by atoms with E-state index in [4.69, 9.17) is 5.11 Å². The molecule has 1 atom stereocenters. The largest absolute Gasteiger partial charge is 0.480 e. The number of rotatable bonds is 4. The van der Waals surface area contributed by atoms with Crippen LogP contribution in [-0.2, 0) is 19.2 Å². The van der Waals surface area contributed by atoms with Crippen LogP contribution in [0.2, 0.25) is 0 Å². The van der Waals surface area contributed by atoms with Gasteiger partial charge in [-0.3, -0.25) is 24.1 Å². The molecule has 0 aliphatic carbocycles. The summed E-state index contributed by atoms with van der Waals surface area (Å²) in [7, 11) is 0. The molecular formula is C9H12N2O5. The zero-order valence-electron chi connectivity index (χ0n) is 8.73. The van der Waals surface area contributed by atoms with Gasteiger partial charge < -0.3 is 10.4 Å². The van der Waals surface area contributed by atoms with Crippen molar-refractivity contribution in [2.24, 2.45) is 5.92 Å². The van der Waals surface area contributed by atoms with Crippen LogP contribution in [0.25, 0.3) is 0 Å². The lowest BCUT2D eigenvalue weighted by atomic mass is 10.1. The van der Waals surface area contributed by atoms with Gasteiger partial charge in [0.05, 0.1) is 0 Å². The van der Waals surface area contributed by atoms with Crippen molar-refractivity contribution in [3.63, 3.8) is 0 Å². The Kier molecular flexibility index (Phi) is 3.60. The molecule has 0 aromatic heterocycles. The fourth-order valence-corrected chi connectivity index (χ4v) is 1.39. The number of hydrogen-bond acceptors (Lipinski definition) is 4. The van der Waals surface area contributed by atoms with E-state index in [9.17, 15) is 19.2 Å². The van der Waals surface area contributed by atoms with E-state index in [1.165, 1.54) is 0 Å². The first-order valence-electron chi connectivity index (χ1n) is 4.74. The van der Waals surface area contributed by atoms with Crippen LogP contribution >= 0.6 is 0 Å². The average molecular weight is 228 g/mol. The zero-order chi connectivity index (χ0) is 12.3. The molecule has 1 fully saturated rings. The first kappa shape index (κ1) is 12.2. The molecule has 0 aromatic rings. The Morgan fingerprint density at radius 2 is 2.12 bits per heavy atom. The number of nitrogens with one attached hydrogen (secondary N) is 1. The van der Waals surface area contributed by atoms with Crippen molar-refractivity contribution in [1.29, 1.82) is 0 Å². The van der Waals surface area contributed by atoms with Crippen molar-refractivity contribution >= 4 is 23.7 Å². The molecule has 1 unspecified atom stereocenters. The Morgan fingerprint density at radius 1 is 1.50 bits per heavy atom. The van der Waals surface area contributed by atoms with Gasteiger partial charge in [-0.1, -0.05) is 6.92 Å². The van der Waals surface area contributed by atoms with Crippen LogP contribution in [0.4, 0.5) is 0 Å². The number of imide groups is 1. The molecule has 1 aliphatic rings. The van der Waals surface area contributed by atoms with Gasteiger partial charge in [0.1, 0.15) is 13.1 Å². The highest BCUT2D eigenvalue weighted by Crippen LogP contribution is 2.17. The SMILES string of the molecule is CC1CC(=O)N(CC(=O)NCC(=O)O)C1=O. The predicted molar refractivity (Wildman–Crippen MR) is 51.1 cm³/mol. The summed E-state index contributed by atoms with van der Waals surface area (Å²) in [6.07, 6.45) is 0.102. The Labute approximate surface area is 91.4 Å². The minimum absolute atomic E-state index is 0.102. The average Bonchev–Trinajstić information content (AvgIpc) is 2.42. The molecule has 2 N–H and O–H groups in total. The number of likely N-dealkylation sites (tertiary alicyclic amines) is 1. The van der Waals surface area contributed by atoms with Gasteiger partial charge in [-0.25, -0.2) is 0 Å². The highest BCUT2D eigenvalue weighted by Gasteiger charge is 2.36. The van der Waals surface area contributed by atoms with E-state index in [1.807, 2.05) is 0 Å².